The average molecular weight is 241 g/mol. The molecule has 0 aromatic carbocycles. The Kier molecular flexibility index (Phi) is 4.22. The van der Waals surface area contributed by atoms with E-state index in [2.05, 4.69) is 31.0 Å². The molecular formula is C11H19N3O3. The quantitative estimate of drug-likeness (QED) is 0.792. The fourth-order valence-electron chi connectivity index (χ4n) is 1.46. The zero-order valence-electron chi connectivity index (χ0n) is 10.4. The smallest absolute Gasteiger partial charge is 0.332 e. The van der Waals surface area contributed by atoms with Crippen LogP contribution in [0.5, 0.6) is 0 Å². The maximum Gasteiger partial charge on any atom is 0.332 e. The molecule has 0 aliphatic rings. The summed E-state index contributed by atoms with van der Waals surface area (Å²) in [7, 11) is 0. The van der Waals surface area contributed by atoms with E-state index in [-0.39, 0.29) is 11.8 Å². The summed E-state index contributed by atoms with van der Waals surface area (Å²) in [6, 6.07) is 0. The van der Waals surface area contributed by atoms with Crippen LogP contribution in [0.3, 0.4) is 0 Å². The molecule has 1 atom stereocenters. The van der Waals surface area contributed by atoms with Gasteiger partial charge in [0.25, 0.3) is 0 Å². The first-order valence-electron chi connectivity index (χ1n) is 5.57. The Balaban J connectivity index is 2.60. The number of rotatable bonds is 5. The number of aromatic nitrogens is 3. The van der Waals surface area contributed by atoms with Crippen LogP contribution in [0.15, 0.2) is 6.33 Å². The summed E-state index contributed by atoms with van der Waals surface area (Å²) in [5.74, 6) is -0.384. The molecule has 1 rings (SSSR count). The van der Waals surface area contributed by atoms with Crippen LogP contribution in [0, 0.1) is 5.41 Å². The van der Waals surface area contributed by atoms with E-state index in [0.29, 0.717) is 6.54 Å². The predicted octanol–water partition coefficient (Wildman–Crippen LogP) is 0.702. The summed E-state index contributed by atoms with van der Waals surface area (Å²) < 4.78 is 1.79. The number of hydrogen-bond acceptors (Lipinski definition) is 4. The van der Waals surface area contributed by atoms with Gasteiger partial charge in [-0.25, -0.2) is 4.79 Å². The van der Waals surface area contributed by atoms with Gasteiger partial charge in [0.1, 0.15) is 12.2 Å². The maximum atomic E-state index is 10.5. The molecule has 0 bridgehead atoms. The van der Waals surface area contributed by atoms with E-state index >= 15 is 0 Å². The van der Waals surface area contributed by atoms with Crippen LogP contribution in [-0.2, 0) is 17.8 Å². The zero-order chi connectivity index (χ0) is 13.1. The topological polar surface area (TPSA) is 88.2 Å². The minimum atomic E-state index is -1.33. The van der Waals surface area contributed by atoms with Crippen LogP contribution < -0.4 is 0 Å². The molecule has 1 unspecified atom stereocenters. The second-order valence-corrected chi connectivity index (χ2v) is 5.32. The Morgan fingerprint density at radius 1 is 1.53 bits per heavy atom. The Morgan fingerprint density at radius 2 is 2.18 bits per heavy atom. The lowest BCUT2D eigenvalue weighted by atomic mass is 9.92. The van der Waals surface area contributed by atoms with Gasteiger partial charge in [0.2, 0.25) is 0 Å². The van der Waals surface area contributed by atoms with E-state index in [1.165, 1.54) is 0 Å². The first-order chi connectivity index (χ1) is 7.79. The number of aliphatic hydroxyl groups is 1. The monoisotopic (exact) mass is 241 g/mol. The van der Waals surface area contributed by atoms with Crippen molar-refractivity contribution in [2.24, 2.45) is 5.41 Å². The second-order valence-electron chi connectivity index (χ2n) is 5.32. The van der Waals surface area contributed by atoms with Crippen LogP contribution >= 0.6 is 0 Å². The number of carboxylic acids is 1. The van der Waals surface area contributed by atoms with Crippen LogP contribution in [0.1, 0.15) is 33.0 Å². The number of carbonyl (C=O) groups is 1. The standard InChI is InChI=1S/C11H19N3O3/c1-11(2,3)6-9-13-12-7-14(9)5-4-8(15)10(16)17/h7-8,15H,4-6H2,1-3H3,(H,16,17). The fraction of sp³-hybridized carbons (Fsp3) is 0.727. The van der Waals surface area contributed by atoms with Gasteiger partial charge < -0.3 is 14.8 Å². The Hall–Kier alpha value is -1.43. The van der Waals surface area contributed by atoms with E-state index < -0.39 is 12.1 Å². The first-order valence-corrected chi connectivity index (χ1v) is 5.57. The fourth-order valence-corrected chi connectivity index (χ4v) is 1.46. The van der Waals surface area contributed by atoms with Crippen LogP contribution in [-0.4, -0.2) is 37.1 Å². The lowest BCUT2D eigenvalue weighted by Gasteiger charge is -2.18. The molecule has 0 saturated heterocycles. The molecule has 6 heteroatoms. The zero-order valence-corrected chi connectivity index (χ0v) is 10.4. The van der Waals surface area contributed by atoms with Crippen molar-refractivity contribution in [1.29, 1.82) is 0 Å². The summed E-state index contributed by atoms with van der Waals surface area (Å²) >= 11 is 0. The number of aliphatic hydroxyl groups excluding tert-OH is 1. The van der Waals surface area contributed by atoms with Gasteiger partial charge in [0.05, 0.1) is 0 Å². The van der Waals surface area contributed by atoms with Gasteiger partial charge in [-0.2, -0.15) is 0 Å². The average Bonchev–Trinajstić information content (AvgIpc) is 2.58. The van der Waals surface area contributed by atoms with Crippen LogP contribution in [0.25, 0.3) is 0 Å². The number of aryl methyl sites for hydroxylation is 1. The second kappa shape index (κ2) is 5.27. The summed E-state index contributed by atoms with van der Waals surface area (Å²) in [5, 5.41) is 25.6. The lowest BCUT2D eigenvalue weighted by molar-refractivity contribution is -0.147. The van der Waals surface area contributed by atoms with Crippen molar-refractivity contribution in [1.82, 2.24) is 14.8 Å². The molecule has 1 aromatic rings. The number of hydrogen-bond donors (Lipinski definition) is 2. The molecule has 0 radical (unpaired) electrons. The van der Waals surface area contributed by atoms with Crippen molar-refractivity contribution in [2.45, 2.75) is 46.3 Å². The molecule has 17 heavy (non-hydrogen) atoms. The molecular weight excluding hydrogens is 222 g/mol. The maximum absolute atomic E-state index is 10.5. The molecule has 0 aliphatic heterocycles. The molecule has 0 aliphatic carbocycles. The van der Waals surface area contributed by atoms with Gasteiger partial charge in [-0.3, -0.25) is 0 Å². The molecule has 96 valence electrons. The minimum absolute atomic E-state index is 0.0934. The van der Waals surface area contributed by atoms with E-state index in [1.54, 1.807) is 10.9 Å². The normalized spacial score (nSPS) is 13.6. The number of aliphatic carboxylic acids is 1. The SMILES string of the molecule is CC(C)(C)Cc1nncn1CCC(O)C(=O)O. The summed E-state index contributed by atoms with van der Waals surface area (Å²) in [4.78, 5) is 10.5. The lowest BCUT2D eigenvalue weighted by Crippen LogP contribution is -2.22. The number of nitrogens with zero attached hydrogens (tertiary/aromatic N) is 3. The highest BCUT2D eigenvalue weighted by molar-refractivity contribution is 5.71. The van der Waals surface area contributed by atoms with Crippen LogP contribution in [0.4, 0.5) is 0 Å². The molecule has 1 heterocycles. The third kappa shape index (κ3) is 4.52. The van der Waals surface area contributed by atoms with Crippen molar-refractivity contribution in [2.75, 3.05) is 0 Å². The van der Waals surface area contributed by atoms with Gasteiger partial charge in [-0.15, -0.1) is 10.2 Å². The Labute approximate surface area is 100 Å². The molecule has 2 N–H and O–H groups in total. The highest BCUT2D eigenvalue weighted by Gasteiger charge is 2.17. The van der Waals surface area contributed by atoms with E-state index in [9.17, 15) is 9.90 Å². The van der Waals surface area contributed by atoms with Gasteiger partial charge in [0, 0.05) is 19.4 Å². The summed E-state index contributed by atoms with van der Waals surface area (Å²) in [6.07, 6.45) is 1.15. The Morgan fingerprint density at radius 3 is 2.71 bits per heavy atom. The third-order valence-corrected chi connectivity index (χ3v) is 2.31. The van der Waals surface area contributed by atoms with Crippen molar-refractivity contribution in [3.63, 3.8) is 0 Å². The van der Waals surface area contributed by atoms with Gasteiger partial charge in [-0.1, -0.05) is 20.8 Å². The summed E-state index contributed by atoms with van der Waals surface area (Å²) in [5.41, 5.74) is 0.0934. The largest absolute Gasteiger partial charge is 0.479 e. The van der Waals surface area contributed by atoms with E-state index in [1.807, 2.05) is 0 Å². The van der Waals surface area contributed by atoms with E-state index in [0.717, 1.165) is 12.2 Å². The number of carboxylic acid groups (broad SMARTS) is 1. The van der Waals surface area contributed by atoms with Gasteiger partial charge in [-0.05, 0) is 5.41 Å². The molecule has 0 fully saturated rings. The Bertz CT molecular complexity index is 382. The van der Waals surface area contributed by atoms with Crippen LogP contribution in [0.2, 0.25) is 0 Å². The molecule has 0 spiro atoms. The van der Waals surface area contributed by atoms with Gasteiger partial charge >= 0.3 is 5.97 Å². The first kappa shape index (κ1) is 13.6. The van der Waals surface area contributed by atoms with Crippen molar-refractivity contribution < 1.29 is 15.0 Å². The highest BCUT2D eigenvalue weighted by atomic mass is 16.4. The third-order valence-electron chi connectivity index (χ3n) is 2.31. The molecule has 1 aromatic heterocycles. The predicted molar refractivity (Wildman–Crippen MR) is 61.4 cm³/mol. The minimum Gasteiger partial charge on any atom is -0.479 e. The molecule has 6 nitrogen and oxygen atoms in total. The van der Waals surface area contributed by atoms with Crippen molar-refractivity contribution in [3.8, 4) is 0 Å². The molecule has 0 amide bonds. The summed E-state index contributed by atoms with van der Waals surface area (Å²) in [6.45, 7) is 6.69. The van der Waals surface area contributed by atoms with Gasteiger partial charge in [0.15, 0.2) is 6.10 Å². The molecule has 0 saturated carbocycles. The van der Waals surface area contributed by atoms with Crippen molar-refractivity contribution >= 4 is 5.97 Å². The van der Waals surface area contributed by atoms with Crippen molar-refractivity contribution in [3.05, 3.63) is 12.2 Å². The van der Waals surface area contributed by atoms with E-state index in [4.69, 9.17) is 5.11 Å². The highest BCUT2D eigenvalue weighted by Crippen LogP contribution is 2.19.